The molecule has 0 aliphatic carbocycles. The zero-order valence-corrected chi connectivity index (χ0v) is 18.7. The van der Waals surface area contributed by atoms with Gasteiger partial charge in [-0.15, -0.1) is 0 Å². The van der Waals surface area contributed by atoms with Crippen molar-refractivity contribution in [2.45, 2.75) is 59.3 Å². The molecular formula is C18H34N4O4S2. The Hall–Kier alpha value is -1.42. The van der Waals surface area contributed by atoms with Crippen LogP contribution in [0.15, 0.2) is 0 Å². The average Bonchev–Trinajstić information content (AvgIpc) is 2.61. The molecule has 0 aliphatic heterocycles. The van der Waals surface area contributed by atoms with E-state index in [0.29, 0.717) is 31.2 Å². The molecule has 0 rings (SSSR count). The lowest BCUT2D eigenvalue weighted by atomic mass is 10.1. The minimum atomic E-state index is -0.501. The lowest BCUT2D eigenvalue weighted by molar-refractivity contribution is -0.120. The maximum atomic E-state index is 11.6. The van der Waals surface area contributed by atoms with Crippen LogP contribution in [0.4, 0.5) is 9.59 Å². The quantitative estimate of drug-likeness (QED) is 0.247. The molecule has 0 saturated heterocycles. The van der Waals surface area contributed by atoms with Crippen molar-refractivity contribution in [2.75, 3.05) is 24.6 Å². The topological polar surface area (TPSA) is 116 Å². The van der Waals surface area contributed by atoms with Crippen molar-refractivity contribution >= 4 is 45.5 Å². The Kier molecular flexibility index (Phi) is 16.8. The summed E-state index contributed by atoms with van der Waals surface area (Å²) < 4.78 is 0. The number of nitrogens with one attached hydrogen (secondary N) is 4. The molecule has 0 aliphatic rings. The van der Waals surface area contributed by atoms with Gasteiger partial charge in [-0.2, -0.15) is 0 Å². The number of hydrogen-bond donors (Lipinski definition) is 4. The largest absolute Gasteiger partial charge is 0.338 e. The summed E-state index contributed by atoms with van der Waals surface area (Å²) in [7, 11) is 2.71. The molecule has 8 nitrogen and oxygen atoms in total. The van der Waals surface area contributed by atoms with E-state index in [0.717, 1.165) is 32.1 Å². The molecule has 0 aromatic rings. The Morgan fingerprint density at radius 3 is 2.11 bits per heavy atom. The predicted molar refractivity (Wildman–Crippen MR) is 116 cm³/mol. The summed E-state index contributed by atoms with van der Waals surface area (Å²) in [5.74, 6) is 0.685. The first-order valence-electron chi connectivity index (χ1n) is 9.74. The fourth-order valence-electron chi connectivity index (χ4n) is 2.05. The summed E-state index contributed by atoms with van der Waals surface area (Å²) in [6, 6.07) is -0.972. The van der Waals surface area contributed by atoms with Gasteiger partial charge in [-0.1, -0.05) is 55.2 Å². The third-order valence-electron chi connectivity index (χ3n) is 3.50. The molecule has 0 bridgehead atoms. The van der Waals surface area contributed by atoms with Gasteiger partial charge in [-0.05, 0) is 25.2 Å². The third-order valence-corrected chi connectivity index (χ3v) is 5.77. The Labute approximate surface area is 175 Å². The maximum Gasteiger partial charge on any atom is 0.321 e. The van der Waals surface area contributed by atoms with E-state index >= 15 is 0 Å². The van der Waals surface area contributed by atoms with Gasteiger partial charge in [0.2, 0.25) is 11.8 Å². The summed E-state index contributed by atoms with van der Waals surface area (Å²) in [5.41, 5.74) is 0. The fourth-order valence-corrected chi connectivity index (χ4v) is 3.79. The van der Waals surface area contributed by atoms with E-state index in [2.05, 4.69) is 35.1 Å². The highest BCUT2D eigenvalue weighted by molar-refractivity contribution is 8.76. The molecule has 0 fully saturated rings. The van der Waals surface area contributed by atoms with Gasteiger partial charge in [0.1, 0.15) is 0 Å². The number of rotatable bonds is 14. The van der Waals surface area contributed by atoms with Gasteiger partial charge in [0.05, 0.1) is 5.75 Å². The van der Waals surface area contributed by atoms with Crippen LogP contribution in [0.3, 0.4) is 0 Å². The molecule has 0 atom stereocenters. The number of imide groups is 2. The van der Waals surface area contributed by atoms with E-state index in [4.69, 9.17) is 0 Å². The Morgan fingerprint density at radius 1 is 0.821 bits per heavy atom. The van der Waals surface area contributed by atoms with Gasteiger partial charge < -0.3 is 10.6 Å². The van der Waals surface area contributed by atoms with Gasteiger partial charge in [-0.3, -0.25) is 20.2 Å². The minimum Gasteiger partial charge on any atom is -0.338 e. The molecule has 0 unspecified atom stereocenters. The second kappa shape index (κ2) is 17.7. The molecule has 162 valence electrons. The van der Waals surface area contributed by atoms with Crippen LogP contribution in [0, 0.1) is 5.92 Å². The van der Waals surface area contributed by atoms with Crippen LogP contribution in [0.5, 0.6) is 0 Å². The summed E-state index contributed by atoms with van der Waals surface area (Å²) in [4.78, 5) is 46.2. The first-order valence-corrected chi connectivity index (χ1v) is 12.2. The van der Waals surface area contributed by atoms with Crippen molar-refractivity contribution in [3.05, 3.63) is 0 Å². The van der Waals surface area contributed by atoms with Crippen LogP contribution in [-0.2, 0) is 9.59 Å². The van der Waals surface area contributed by atoms with Crippen LogP contribution in [0.25, 0.3) is 0 Å². The maximum absolute atomic E-state index is 11.6. The van der Waals surface area contributed by atoms with Crippen LogP contribution in [0.2, 0.25) is 0 Å². The van der Waals surface area contributed by atoms with Crippen molar-refractivity contribution in [2.24, 2.45) is 5.92 Å². The number of urea groups is 2. The molecule has 10 heteroatoms. The summed E-state index contributed by atoms with van der Waals surface area (Å²) in [6.45, 7) is 7.22. The summed E-state index contributed by atoms with van der Waals surface area (Å²) in [5, 5.41) is 9.81. The number of carbonyl (C=O) groups excluding carboxylic acids is 4. The summed E-state index contributed by atoms with van der Waals surface area (Å²) >= 11 is 0. The molecule has 0 heterocycles. The van der Waals surface area contributed by atoms with Crippen molar-refractivity contribution in [3.63, 3.8) is 0 Å². The number of unbranched alkanes of at least 4 members (excludes halogenated alkanes) is 2. The van der Waals surface area contributed by atoms with E-state index in [9.17, 15) is 19.2 Å². The standard InChI is InChI=1S/C18H34N4O4S2/c1-4-5-6-9-15(23)21-18(26)20-11-12-27-28-13-16(24)22-17(25)19-10-7-8-14(2)3/h14H,4-13H2,1-3H3,(H2,19,22,24,25)(H2,20,21,23,26). The average molecular weight is 435 g/mol. The first-order chi connectivity index (χ1) is 13.3. The van der Waals surface area contributed by atoms with Crippen LogP contribution in [0.1, 0.15) is 59.3 Å². The highest BCUT2D eigenvalue weighted by atomic mass is 33.1. The van der Waals surface area contributed by atoms with Gasteiger partial charge >= 0.3 is 12.1 Å². The van der Waals surface area contributed by atoms with Crippen molar-refractivity contribution in [1.82, 2.24) is 21.3 Å². The molecule has 28 heavy (non-hydrogen) atoms. The molecule has 0 spiro atoms. The SMILES string of the molecule is CCCCCC(=O)NC(=O)NCCSSCC(=O)NC(=O)NCCCC(C)C. The molecule has 4 N–H and O–H groups in total. The van der Waals surface area contributed by atoms with Gasteiger partial charge in [-0.25, -0.2) is 9.59 Å². The minimum absolute atomic E-state index is 0.145. The Balaban J connectivity index is 3.58. The van der Waals surface area contributed by atoms with Crippen molar-refractivity contribution in [1.29, 1.82) is 0 Å². The molecule has 0 aromatic heterocycles. The third kappa shape index (κ3) is 18.0. The molecular weight excluding hydrogens is 400 g/mol. The second-order valence-electron chi connectivity index (χ2n) is 6.69. The highest BCUT2D eigenvalue weighted by Gasteiger charge is 2.08. The molecule has 0 aromatic carbocycles. The van der Waals surface area contributed by atoms with Crippen LogP contribution < -0.4 is 21.3 Å². The lowest BCUT2D eigenvalue weighted by Gasteiger charge is -2.08. The smallest absolute Gasteiger partial charge is 0.321 e. The van der Waals surface area contributed by atoms with Crippen molar-refractivity contribution < 1.29 is 19.2 Å². The van der Waals surface area contributed by atoms with Crippen molar-refractivity contribution in [3.8, 4) is 0 Å². The predicted octanol–water partition coefficient (Wildman–Crippen LogP) is 3.04. The lowest BCUT2D eigenvalue weighted by Crippen LogP contribution is -2.40. The Bertz CT molecular complexity index is 490. The first kappa shape index (κ1) is 26.6. The number of amides is 6. The molecule has 6 amide bonds. The zero-order chi connectivity index (χ0) is 21.2. The molecule has 0 saturated carbocycles. The second-order valence-corrected chi connectivity index (χ2v) is 9.27. The normalized spacial score (nSPS) is 10.4. The van der Waals surface area contributed by atoms with E-state index in [1.807, 2.05) is 6.92 Å². The van der Waals surface area contributed by atoms with E-state index < -0.39 is 12.1 Å². The monoisotopic (exact) mass is 434 g/mol. The van der Waals surface area contributed by atoms with Gasteiger partial charge in [0, 0.05) is 25.3 Å². The van der Waals surface area contributed by atoms with E-state index in [1.165, 1.54) is 21.6 Å². The highest BCUT2D eigenvalue weighted by Crippen LogP contribution is 2.19. The Morgan fingerprint density at radius 2 is 1.46 bits per heavy atom. The zero-order valence-electron chi connectivity index (χ0n) is 17.1. The van der Waals surface area contributed by atoms with Crippen LogP contribution in [-0.4, -0.2) is 48.5 Å². The fraction of sp³-hybridized carbons (Fsp3) is 0.778. The van der Waals surface area contributed by atoms with E-state index in [-0.39, 0.29) is 17.6 Å². The number of carbonyl (C=O) groups is 4. The van der Waals surface area contributed by atoms with Crippen LogP contribution >= 0.6 is 21.6 Å². The van der Waals surface area contributed by atoms with Gasteiger partial charge in [0.25, 0.3) is 0 Å². The van der Waals surface area contributed by atoms with Gasteiger partial charge in [0.15, 0.2) is 0 Å². The summed E-state index contributed by atoms with van der Waals surface area (Å²) in [6.07, 6.45) is 5.03. The number of hydrogen-bond acceptors (Lipinski definition) is 6. The van der Waals surface area contributed by atoms with E-state index in [1.54, 1.807) is 0 Å². The molecule has 0 radical (unpaired) electrons.